The highest BCUT2D eigenvalue weighted by Gasteiger charge is 2.14. The largest absolute Gasteiger partial charge is 0.508 e. The molecule has 0 spiro atoms. The van der Waals surface area contributed by atoms with Gasteiger partial charge in [0.05, 0.1) is 5.56 Å². The summed E-state index contributed by atoms with van der Waals surface area (Å²) in [7, 11) is 2.01. The quantitative estimate of drug-likeness (QED) is 0.492. The van der Waals surface area contributed by atoms with E-state index in [1.807, 2.05) is 32.1 Å². The van der Waals surface area contributed by atoms with Gasteiger partial charge in [-0.25, -0.2) is 0 Å². The van der Waals surface area contributed by atoms with E-state index in [1.165, 1.54) is 12.1 Å². The summed E-state index contributed by atoms with van der Waals surface area (Å²) >= 11 is 5.27. The molecule has 104 valence electrons. The van der Waals surface area contributed by atoms with E-state index in [1.54, 1.807) is 10.6 Å². The third kappa shape index (κ3) is 2.43. The van der Waals surface area contributed by atoms with Gasteiger partial charge < -0.3 is 10.2 Å². The molecule has 0 unspecified atom stereocenters. The highest BCUT2D eigenvalue weighted by atomic mass is 32.1. The Labute approximate surface area is 126 Å². The second-order valence-electron chi connectivity index (χ2n) is 4.72. The number of H-pyrrole nitrogens is 1. The van der Waals surface area contributed by atoms with Crippen LogP contribution in [0, 0.1) is 4.77 Å². The van der Waals surface area contributed by atoms with E-state index < -0.39 is 0 Å². The Morgan fingerprint density at radius 1 is 1.10 bits per heavy atom. The number of benzene rings is 2. The molecule has 21 heavy (non-hydrogen) atoms. The molecule has 3 rings (SSSR count). The van der Waals surface area contributed by atoms with Gasteiger partial charge in [-0.05, 0) is 36.5 Å². The van der Waals surface area contributed by atoms with Gasteiger partial charge in [0.25, 0.3) is 0 Å². The van der Waals surface area contributed by atoms with Crippen LogP contribution >= 0.6 is 12.2 Å². The number of phenols is 2. The fraction of sp³-hybridized carbons (Fsp3) is 0. The molecule has 3 aromatic rings. The molecule has 0 saturated carbocycles. The topological polar surface area (TPSA) is 74.1 Å². The van der Waals surface area contributed by atoms with Crippen molar-refractivity contribution in [3.63, 3.8) is 0 Å². The van der Waals surface area contributed by atoms with Crippen LogP contribution in [0.4, 0.5) is 0 Å². The highest BCUT2D eigenvalue weighted by Crippen LogP contribution is 2.31. The lowest BCUT2D eigenvalue weighted by atomic mass is 9.96. The third-order valence-electron chi connectivity index (χ3n) is 3.19. The zero-order valence-corrected chi connectivity index (χ0v) is 12.1. The second-order valence-corrected chi connectivity index (χ2v) is 5.11. The van der Waals surface area contributed by atoms with E-state index in [0.717, 1.165) is 11.2 Å². The molecule has 1 heterocycles. The molecule has 0 amide bonds. The molecule has 7 heteroatoms. The lowest BCUT2D eigenvalue weighted by Gasteiger charge is -2.09. The van der Waals surface area contributed by atoms with Gasteiger partial charge in [-0.3, -0.25) is 9.67 Å². The molecule has 0 atom stereocenters. The molecule has 0 aliphatic heterocycles. The summed E-state index contributed by atoms with van der Waals surface area (Å²) in [6.07, 6.45) is 0. The molecule has 3 N–H and O–H groups in total. The van der Waals surface area contributed by atoms with Crippen LogP contribution in [-0.2, 0) is 0 Å². The fourth-order valence-corrected chi connectivity index (χ4v) is 2.36. The number of phenolic OH excluding ortho intramolecular Hbond substituents is 2. The van der Waals surface area contributed by atoms with Crippen LogP contribution in [0.3, 0.4) is 0 Å². The van der Waals surface area contributed by atoms with Crippen molar-refractivity contribution < 1.29 is 10.2 Å². The predicted molar refractivity (Wildman–Crippen MR) is 85.7 cm³/mol. The molecule has 5 nitrogen and oxygen atoms in total. The second kappa shape index (κ2) is 5.10. The number of hydrogen-bond donors (Lipinski definition) is 3. The first kappa shape index (κ1) is 13.4. The first-order valence-electron chi connectivity index (χ1n) is 6.33. The Morgan fingerprint density at radius 2 is 1.81 bits per heavy atom. The minimum absolute atomic E-state index is 0.00716. The molecule has 2 aromatic carbocycles. The van der Waals surface area contributed by atoms with E-state index in [9.17, 15) is 10.2 Å². The first-order chi connectivity index (χ1) is 10.1. The number of aromatic hydroxyl groups is 2. The third-order valence-corrected chi connectivity index (χ3v) is 3.46. The minimum Gasteiger partial charge on any atom is -0.508 e. The average Bonchev–Trinajstić information content (AvgIpc) is 2.82. The van der Waals surface area contributed by atoms with Crippen LogP contribution in [0.15, 0.2) is 42.5 Å². The van der Waals surface area contributed by atoms with E-state index in [0.29, 0.717) is 16.2 Å². The maximum absolute atomic E-state index is 10.0. The van der Waals surface area contributed by atoms with Crippen LogP contribution in [0.5, 0.6) is 11.5 Å². The number of rotatable bonds is 2. The molecular formula is C14H12BN3O2S. The minimum atomic E-state index is -0.0580. The standard InChI is InChI=1S/C14H12BN3O2S/c15-8-1-3-9(4-2-8)18-13(16-17-14(18)21)11-6-5-10(19)7-12(11)20/h1-7,19-20H,15H2,(H,17,21). The smallest absolute Gasteiger partial charge is 0.200 e. The SMILES string of the molecule is Bc1ccc(-n2c(-c3ccc(O)cc3O)n[nH]c2=S)cc1. The summed E-state index contributed by atoms with van der Waals surface area (Å²) in [6.45, 7) is 0. The van der Waals surface area contributed by atoms with E-state index in [-0.39, 0.29) is 11.5 Å². The van der Waals surface area contributed by atoms with Crippen LogP contribution < -0.4 is 5.46 Å². The van der Waals surface area contributed by atoms with E-state index >= 15 is 0 Å². The summed E-state index contributed by atoms with van der Waals surface area (Å²) in [5.41, 5.74) is 2.48. The van der Waals surface area contributed by atoms with Crippen molar-refractivity contribution in [1.82, 2.24) is 14.8 Å². The van der Waals surface area contributed by atoms with Gasteiger partial charge in [-0.2, -0.15) is 5.10 Å². The summed E-state index contributed by atoms with van der Waals surface area (Å²) in [4.78, 5) is 0. The Morgan fingerprint density at radius 3 is 2.48 bits per heavy atom. The maximum Gasteiger partial charge on any atom is 0.200 e. The number of aromatic nitrogens is 3. The monoisotopic (exact) mass is 297 g/mol. The van der Waals surface area contributed by atoms with Crippen molar-refractivity contribution in [2.75, 3.05) is 0 Å². The van der Waals surface area contributed by atoms with Crippen molar-refractivity contribution >= 4 is 25.5 Å². The zero-order valence-electron chi connectivity index (χ0n) is 11.2. The Kier molecular flexibility index (Phi) is 3.27. The van der Waals surface area contributed by atoms with Gasteiger partial charge >= 0.3 is 0 Å². The molecule has 0 fully saturated rings. The summed E-state index contributed by atoms with van der Waals surface area (Å²) in [5, 5.41) is 26.3. The van der Waals surface area contributed by atoms with Crippen LogP contribution in [-0.4, -0.2) is 32.8 Å². The van der Waals surface area contributed by atoms with Crippen molar-refractivity contribution in [1.29, 1.82) is 0 Å². The molecule has 0 bridgehead atoms. The number of aromatic amines is 1. The number of nitrogens with zero attached hydrogens (tertiary/aromatic N) is 2. The highest BCUT2D eigenvalue weighted by molar-refractivity contribution is 7.71. The predicted octanol–water partition coefficient (Wildman–Crippen LogP) is 1.27. The van der Waals surface area contributed by atoms with Crippen molar-refractivity contribution in [2.24, 2.45) is 0 Å². The number of nitrogens with one attached hydrogen (secondary N) is 1. The van der Waals surface area contributed by atoms with Gasteiger partial charge in [-0.1, -0.05) is 17.6 Å². The van der Waals surface area contributed by atoms with E-state index in [2.05, 4.69) is 10.2 Å². The van der Waals surface area contributed by atoms with Crippen LogP contribution in [0.1, 0.15) is 0 Å². The lowest BCUT2D eigenvalue weighted by molar-refractivity contribution is 0.451. The Hall–Kier alpha value is -2.54. The van der Waals surface area contributed by atoms with Gasteiger partial charge in [0, 0.05) is 11.8 Å². The van der Waals surface area contributed by atoms with Gasteiger partial charge in [0.15, 0.2) is 10.6 Å². The summed E-state index contributed by atoms with van der Waals surface area (Å²) in [5.74, 6) is 0.422. The fourth-order valence-electron chi connectivity index (χ4n) is 2.12. The first-order valence-corrected chi connectivity index (χ1v) is 6.74. The van der Waals surface area contributed by atoms with Gasteiger partial charge in [0.2, 0.25) is 0 Å². The summed E-state index contributed by atoms with van der Waals surface area (Å²) < 4.78 is 2.17. The maximum atomic E-state index is 10.0. The molecule has 1 aromatic heterocycles. The summed E-state index contributed by atoms with van der Waals surface area (Å²) in [6, 6.07) is 12.2. The number of hydrogen-bond acceptors (Lipinski definition) is 4. The zero-order chi connectivity index (χ0) is 15.0. The normalized spacial score (nSPS) is 10.7. The lowest BCUT2D eigenvalue weighted by Crippen LogP contribution is -2.03. The molecule has 0 aliphatic rings. The molecule has 0 radical (unpaired) electrons. The van der Waals surface area contributed by atoms with Crippen molar-refractivity contribution in [2.45, 2.75) is 0 Å². The van der Waals surface area contributed by atoms with Crippen LogP contribution in [0.25, 0.3) is 17.1 Å². The van der Waals surface area contributed by atoms with E-state index in [4.69, 9.17) is 12.2 Å². The van der Waals surface area contributed by atoms with Crippen LogP contribution in [0.2, 0.25) is 0 Å². The van der Waals surface area contributed by atoms with Crippen molar-refractivity contribution in [3.05, 3.63) is 47.2 Å². The molecule has 0 aliphatic carbocycles. The van der Waals surface area contributed by atoms with Gasteiger partial charge in [0.1, 0.15) is 19.3 Å². The average molecular weight is 297 g/mol. The van der Waals surface area contributed by atoms with Crippen molar-refractivity contribution in [3.8, 4) is 28.6 Å². The molecule has 0 saturated heterocycles. The Bertz CT molecular complexity index is 855. The Balaban J connectivity index is 2.21. The van der Waals surface area contributed by atoms with Gasteiger partial charge in [-0.15, -0.1) is 0 Å². The molecular weight excluding hydrogens is 285 g/mol.